The molecule has 2 atom stereocenters. The fourth-order valence-corrected chi connectivity index (χ4v) is 2.50. The van der Waals surface area contributed by atoms with Gasteiger partial charge in [0.15, 0.2) is 0 Å². The number of carbonyl (C=O) groups is 4. The third-order valence-corrected chi connectivity index (χ3v) is 5.15. The quantitative estimate of drug-likeness (QED) is 0.0846. The molecule has 0 aromatic rings. The molecular formula is C28H58O10Ti. The Morgan fingerprint density at radius 2 is 0.718 bits per heavy atom. The summed E-state index contributed by atoms with van der Waals surface area (Å²) in [5, 5.41) is 32.5. The monoisotopic (exact) mass is 602 g/mol. The van der Waals surface area contributed by atoms with Crippen LogP contribution in [0.1, 0.15) is 130 Å². The Kier molecular flexibility index (Phi) is 60.0. The molecule has 2 unspecified atom stereocenters. The third kappa shape index (κ3) is 72.4. The van der Waals surface area contributed by atoms with Gasteiger partial charge in [-0.3, -0.25) is 19.2 Å². The molecule has 10 nitrogen and oxygen atoms in total. The van der Waals surface area contributed by atoms with Gasteiger partial charge < -0.3 is 45.2 Å². The van der Waals surface area contributed by atoms with Crippen LogP contribution in [0, 0.1) is 25.7 Å². The summed E-state index contributed by atoms with van der Waals surface area (Å²) >= 11 is 0. The number of carboxylic acids is 4. The summed E-state index contributed by atoms with van der Waals surface area (Å²) in [5.41, 5.74) is 0. The Morgan fingerprint density at radius 1 is 0.513 bits per heavy atom. The van der Waals surface area contributed by atoms with Crippen molar-refractivity contribution in [2.75, 3.05) is 0 Å². The normalized spacial score (nSPS) is 10.4. The van der Waals surface area contributed by atoms with Gasteiger partial charge in [-0.2, -0.15) is 11.8 Å². The summed E-state index contributed by atoms with van der Waals surface area (Å²) in [6.45, 7) is 16.8. The molecule has 0 fully saturated rings. The van der Waals surface area contributed by atoms with Crippen LogP contribution in [-0.2, 0) is 40.9 Å². The van der Waals surface area contributed by atoms with Gasteiger partial charge in [0.1, 0.15) is 0 Å². The number of hydrogen-bond donors (Lipinski definition) is 4. The van der Waals surface area contributed by atoms with Gasteiger partial charge in [-0.15, -0.1) is 0 Å². The van der Waals surface area contributed by atoms with E-state index < -0.39 is 23.9 Å². The first-order valence-corrected chi connectivity index (χ1v) is 13.4. The maximum atomic E-state index is 9.90. The average Bonchev–Trinajstić information content (AvgIpc) is 2.82. The standard InChI is InChI=1S/2C8H17.2C6H10O4.2H2O.Ti/c2*1-4-6-7-8(3)5-2;2*7-5(8)3-1-2-4-6(9)10;;;/h2*8H,3-7H2,1-2H3;2*1-4H2,(H,7,8)(H,9,10);2*1H2;/q2*-1;;;;;+2. The molecule has 0 saturated carbocycles. The van der Waals surface area contributed by atoms with E-state index in [1.54, 1.807) is 0 Å². The van der Waals surface area contributed by atoms with Crippen molar-refractivity contribution in [1.82, 2.24) is 0 Å². The minimum Gasteiger partial charge on any atom is -0.481 e. The van der Waals surface area contributed by atoms with Crippen LogP contribution in [0.2, 0.25) is 0 Å². The first-order chi connectivity index (χ1) is 16.9. The van der Waals surface area contributed by atoms with Crippen LogP contribution in [0.5, 0.6) is 0 Å². The van der Waals surface area contributed by atoms with E-state index in [2.05, 4.69) is 41.5 Å². The Morgan fingerprint density at radius 3 is 0.846 bits per heavy atom. The number of unbranched alkanes of at least 4 members (excludes halogenated alkanes) is 4. The van der Waals surface area contributed by atoms with E-state index in [1.165, 1.54) is 51.4 Å². The maximum absolute atomic E-state index is 9.90. The predicted molar refractivity (Wildman–Crippen MR) is 152 cm³/mol. The molecule has 0 rings (SSSR count). The summed E-state index contributed by atoms with van der Waals surface area (Å²) < 4.78 is 0. The van der Waals surface area contributed by atoms with E-state index in [9.17, 15) is 19.2 Å². The van der Waals surface area contributed by atoms with Gasteiger partial charge >= 0.3 is 45.6 Å². The van der Waals surface area contributed by atoms with Crippen molar-refractivity contribution >= 4 is 23.9 Å². The summed E-state index contributed by atoms with van der Waals surface area (Å²) in [4.78, 5) is 39.6. The minimum atomic E-state index is -0.870. The van der Waals surface area contributed by atoms with Crippen molar-refractivity contribution in [1.29, 1.82) is 0 Å². The smallest absolute Gasteiger partial charge is 0.481 e. The van der Waals surface area contributed by atoms with E-state index in [0.717, 1.165) is 0 Å². The van der Waals surface area contributed by atoms with Crippen molar-refractivity contribution in [3.63, 3.8) is 0 Å². The average molecular weight is 603 g/mol. The van der Waals surface area contributed by atoms with Gasteiger partial charge in [-0.05, 0) is 25.7 Å². The van der Waals surface area contributed by atoms with E-state index in [-0.39, 0.29) is 58.4 Å². The van der Waals surface area contributed by atoms with Crippen LogP contribution in [-0.4, -0.2) is 55.3 Å². The van der Waals surface area contributed by atoms with E-state index in [4.69, 9.17) is 20.4 Å². The van der Waals surface area contributed by atoms with Crippen LogP contribution in [0.4, 0.5) is 0 Å². The summed E-state index contributed by atoms with van der Waals surface area (Å²) in [6, 6.07) is 0. The van der Waals surface area contributed by atoms with E-state index in [1.807, 2.05) is 0 Å². The van der Waals surface area contributed by atoms with Gasteiger partial charge in [-0.25, -0.2) is 0 Å². The molecule has 0 heterocycles. The molecule has 0 amide bonds. The summed E-state index contributed by atoms with van der Waals surface area (Å²) in [7, 11) is 0. The van der Waals surface area contributed by atoms with Gasteiger partial charge in [0.05, 0.1) is 0 Å². The van der Waals surface area contributed by atoms with Crippen LogP contribution in [0.15, 0.2) is 0 Å². The molecular weight excluding hydrogens is 544 g/mol. The second-order valence-corrected chi connectivity index (χ2v) is 8.82. The first-order valence-electron chi connectivity index (χ1n) is 13.4. The number of aliphatic carboxylic acids is 4. The van der Waals surface area contributed by atoms with Crippen molar-refractivity contribution < 1.29 is 72.3 Å². The Hall–Kier alpha value is -1.49. The van der Waals surface area contributed by atoms with Gasteiger partial charge in [0, 0.05) is 25.7 Å². The summed E-state index contributed by atoms with van der Waals surface area (Å²) in [5.74, 6) is -2.07. The van der Waals surface area contributed by atoms with Crippen molar-refractivity contribution in [3.05, 3.63) is 13.8 Å². The van der Waals surface area contributed by atoms with Gasteiger partial charge in [-0.1, -0.05) is 79.1 Å². The molecule has 234 valence electrons. The first kappa shape index (κ1) is 53.7. The summed E-state index contributed by atoms with van der Waals surface area (Å²) in [6.07, 6.45) is 12.5. The topological polar surface area (TPSA) is 212 Å². The number of carboxylic acid groups (broad SMARTS) is 4. The molecule has 0 aromatic heterocycles. The molecule has 0 aliphatic carbocycles. The van der Waals surface area contributed by atoms with Crippen LogP contribution in [0.3, 0.4) is 0 Å². The largest absolute Gasteiger partial charge is 2.00 e. The zero-order valence-corrected chi connectivity index (χ0v) is 26.4. The van der Waals surface area contributed by atoms with Crippen LogP contribution >= 0.6 is 0 Å². The Balaban J connectivity index is -0.0000000686. The van der Waals surface area contributed by atoms with Crippen molar-refractivity contribution in [2.45, 2.75) is 130 Å². The fraction of sp³-hybridized carbons (Fsp3) is 0.786. The Bertz CT molecular complexity index is 452. The number of rotatable bonds is 18. The van der Waals surface area contributed by atoms with Gasteiger partial charge in [0.25, 0.3) is 0 Å². The van der Waals surface area contributed by atoms with E-state index in [0.29, 0.717) is 37.5 Å². The molecule has 8 N–H and O–H groups in total. The number of hydrogen-bond acceptors (Lipinski definition) is 4. The molecule has 39 heavy (non-hydrogen) atoms. The second-order valence-electron chi connectivity index (χ2n) is 8.82. The molecule has 0 spiro atoms. The van der Waals surface area contributed by atoms with Gasteiger partial charge in [0.2, 0.25) is 0 Å². The molecule has 0 radical (unpaired) electrons. The molecule has 0 bridgehead atoms. The molecule has 0 aliphatic heterocycles. The maximum Gasteiger partial charge on any atom is 2.00 e. The molecule has 11 heteroatoms. The molecule has 0 aromatic carbocycles. The third-order valence-electron chi connectivity index (χ3n) is 5.15. The van der Waals surface area contributed by atoms with Crippen molar-refractivity contribution in [2.24, 2.45) is 11.8 Å². The zero-order valence-electron chi connectivity index (χ0n) is 24.8. The SMILES string of the molecule is O.O.O=C(O)CCCCC(=O)O.O=C(O)CCCCC(=O)O.[CH2-]C(CC)CCCC.[CH2-]C(CC)CCCC.[Ti+2]. The fourth-order valence-electron chi connectivity index (χ4n) is 2.50. The van der Waals surface area contributed by atoms with E-state index >= 15 is 0 Å². The Labute approximate surface area is 251 Å². The van der Waals surface area contributed by atoms with Crippen LogP contribution < -0.4 is 0 Å². The van der Waals surface area contributed by atoms with Crippen molar-refractivity contribution in [3.8, 4) is 0 Å². The molecule has 0 aliphatic rings. The second kappa shape index (κ2) is 43.6. The predicted octanol–water partition coefficient (Wildman–Crippen LogP) is 5.85. The minimum absolute atomic E-state index is 0. The molecule has 0 saturated heterocycles. The van der Waals surface area contributed by atoms with Crippen LogP contribution in [0.25, 0.3) is 0 Å². The zero-order chi connectivity index (χ0) is 28.8.